The Labute approximate surface area is 129 Å². The third-order valence-corrected chi connectivity index (χ3v) is 3.16. The highest BCUT2D eigenvalue weighted by atomic mass is 35.5. The van der Waals surface area contributed by atoms with Crippen molar-refractivity contribution in [3.05, 3.63) is 62.6 Å². The SMILES string of the molecule is O=C(Nc1[c]ccc([N+](=O)[O-])c1)Nc1ccc(Cl)c(Cl)c1. The second kappa shape index (κ2) is 6.43. The van der Waals surface area contributed by atoms with Crippen molar-refractivity contribution in [1.82, 2.24) is 0 Å². The summed E-state index contributed by atoms with van der Waals surface area (Å²) in [7, 11) is 0. The van der Waals surface area contributed by atoms with Crippen LogP contribution in [0.4, 0.5) is 21.9 Å². The number of anilines is 2. The molecule has 2 N–H and O–H groups in total. The number of hydrogen-bond acceptors (Lipinski definition) is 3. The Morgan fingerprint density at radius 1 is 1.14 bits per heavy atom. The highest BCUT2D eigenvalue weighted by molar-refractivity contribution is 6.42. The van der Waals surface area contributed by atoms with Gasteiger partial charge in [0.25, 0.3) is 5.69 Å². The minimum Gasteiger partial charge on any atom is -0.308 e. The minimum atomic E-state index is -0.579. The lowest BCUT2D eigenvalue weighted by molar-refractivity contribution is -0.384. The smallest absolute Gasteiger partial charge is 0.308 e. The van der Waals surface area contributed by atoms with Gasteiger partial charge in [0.1, 0.15) is 0 Å². The van der Waals surface area contributed by atoms with Crippen LogP contribution in [0.3, 0.4) is 0 Å². The van der Waals surface area contributed by atoms with Crippen LogP contribution in [0.1, 0.15) is 0 Å². The van der Waals surface area contributed by atoms with Crippen molar-refractivity contribution in [3.8, 4) is 0 Å². The molecule has 0 heterocycles. The zero-order chi connectivity index (χ0) is 15.4. The average Bonchev–Trinajstić information content (AvgIpc) is 2.43. The average molecular weight is 325 g/mol. The van der Waals surface area contributed by atoms with Crippen molar-refractivity contribution in [2.24, 2.45) is 0 Å². The lowest BCUT2D eigenvalue weighted by Gasteiger charge is -2.08. The number of rotatable bonds is 3. The maximum atomic E-state index is 11.8. The molecule has 2 aromatic carbocycles. The normalized spacial score (nSPS) is 10.0. The third kappa shape index (κ3) is 4.08. The van der Waals surface area contributed by atoms with Crippen LogP contribution in [-0.4, -0.2) is 11.0 Å². The van der Waals surface area contributed by atoms with Crippen LogP contribution in [0.5, 0.6) is 0 Å². The highest BCUT2D eigenvalue weighted by Gasteiger charge is 2.09. The van der Waals surface area contributed by atoms with Gasteiger partial charge in [-0.15, -0.1) is 0 Å². The minimum absolute atomic E-state index is 0.140. The number of hydrogen-bond donors (Lipinski definition) is 2. The van der Waals surface area contributed by atoms with Crippen molar-refractivity contribution in [3.63, 3.8) is 0 Å². The molecule has 6 nitrogen and oxygen atoms in total. The molecular weight excluding hydrogens is 317 g/mol. The van der Waals surface area contributed by atoms with Gasteiger partial charge >= 0.3 is 6.03 Å². The van der Waals surface area contributed by atoms with Crippen LogP contribution in [0, 0.1) is 16.2 Å². The number of carbonyl (C=O) groups is 1. The van der Waals surface area contributed by atoms with E-state index in [9.17, 15) is 14.9 Å². The van der Waals surface area contributed by atoms with Crippen LogP contribution in [0.15, 0.2) is 36.4 Å². The van der Waals surface area contributed by atoms with E-state index in [-0.39, 0.29) is 11.4 Å². The second-order valence-electron chi connectivity index (χ2n) is 3.93. The van der Waals surface area contributed by atoms with Crippen LogP contribution in [0.25, 0.3) is 0 Å². The first-order valence-corrected chi connectivity index (χ1v) is 6.40. The fourth-order valence-electron chi connectivity index (χ4n) is 1.50. The van der Waals surface area contributed by atoms with Crippen molar-refractivity contribution in [2.75, 3.05) is 10.6 Å². The Hall–Kier alpha value is -2.31. The lowest BCUT2D eigenvalue weighted by atomic mass is 10.3. The molecule has 1 radical (unpaired) electrons. The first-order valence-electron chi connectivity index (χ1n) is 5.65. The third-order valence-electron chi connectivity index (χ3n) is 2.42. The summed E-state index contributed by atoms with van der Waals surface area (Å²) in [6.07, 6.45) is 0. The molecule has 0 aliphatic heterocycles. The number of non-ortho nitro benzene ring substituents is 1. The van der Waals surface area contributed by atoms with Crippen molar-refractivity contribution >= 4 is 46.3 Å². The Bertz CT molecular complexity index is 707. The number of benzene rings is 2. The number of nitro benzene ring substituents is 1. The molecule has 107 valence electrons. The topological polar surface area (TPSA) is 84.3 Å². The summed E-state index contributed by atoms with van der Waals surface area (Å²) in [4.78, 5) is 21.8. The number of amides is 2. The Morgan fingerprint density at radius 3 is 2.57 bits per heavy atom. The Balaban J connectivity index is 2.06. The summed E-state index contributed by atoms with van der Waals surface area (Å²) in [5, 5.41) is 16.3. The maximum Gasteiger partial charge on any atom is 0.323 e. The van der Waals surface area contributed by atoms with Gasteiger partial charge in [-0.2, -0.15) is 0 Å². The molecule has 0 fully saturated rings. The van der Waals surface area contributed by atoms with Gasteiger partial charge in [0.15, 0.2) is 0 Å². The largest absolute Gasteiger partial charge is 0.323 e. The van der Waals surface area contributed by atoms with Gasteiger partial charge in [-0.1, -0.05) is 23.2 Å². The Morgan fingerprint density at radius 2 is 1.90 bits per heavy atom. The molecule has 0 atom stereocenters. The molecule has 0 spiro atoms. The molecule has 0 bridgehead atoms. The molecule has 2 amide bonds. The van der Waals surface area contributed by atoms with Crippen molar-refractivity contribution in [2.45, 2.75) is 0 Å². The standard InChI is InChI=1S/C13H8Cl2N3O3/c14-11-5-4-9(7-12(11)15)17-13(19)16-8-2-1-3-10(6-8)18(20)21/h1,3-7H,(H2,16,17,19). The molecule has 0 aliphatic carbocycles. The van der Waals surface area contributed by atoms with Crippen molar-refractivity contribution in [1.29, 1.82) is 0 Å². The Kier molecular flexibility index (Phi) is 4.62. The van der Waals surface area contributed by atoms with E-state index in [1.807, 2.05) is 0 Å². The first kappa shape index (κ1) is 15.1. The summed E-state index contributed by atoms with van der Waals surface area (Å²) < 4.78 is 0. The predicted octanol–water partition coefficient (Wildman–Crippen LogP) is 4.35. The molecule has 0 saturated carbocycles. The summed E-state index contributed by atoms with van der Waals surface area (Å²) >= 11 is 11.6. The van der Waals surface area contributed by atoms with Crippen LogP contribution >= 0.6 is 23.2 Å². The number of nitrogens with zero attached hydrogens (tertiary/aromatic N) is 1. The highest BCUT2D eigenvalue weighted by Crippen LogP contribution is 2.25. The zero-order valence-electron chi connectivity index (χ0n) is 10.4. The quantitative estimate of drug-likeness (QED) is 0.650. The van der Waals surface area contributed by atoms with E-state index in [2.05, 4.69) is 16.7 Å². The molecule has 21 heavy (non-hydrogen) atoms. The number of halogens is 2. The number of nitro groups is 1. The molecule has 8 heteroatoms. The molecule has 2 aromatic rings. The van der Waals surface area contributed by atoms with E-state index in [0.717, 1.165) is 0 Å². The molecule has 0 aliphatic rings. The predicted molar refractivity (Wildman–Crippen MR) is 81.0 cm³/mol. The molecule has 0 aromatic heterocycles. The lowest BCUT2D eigenvalue weighted by Crippen LogP contribution is -2.19. The fraction of sp³-hybridized carbons (Fsp3) is 0. The summed E-state index contributed by atoms with van der Waals surface area (Å²) in [5.74, 6) is 0. The van der Waals surface area contributed by atoms with Crippen LogP contribution < -0.4 is 10.6 Å². The second-order valence-corrected chi connectivity index (χ2v) is 4.74. The van der Waals surface area contributed by atoms with E-state index in [4.69, 9.17) is 23.2 Å². The summed E-state index contributed by atoms with van der Waals surface area (Å²) in [5.41, 5.74) is 0.479. The van der Waals surface area contributed by atoms with Gasteiger partial charge in [-0.05, 0) is 24.3 Å². The van der Waals surface area contributed by atoms with E-state index in [0.29, 0.717) is 15.7 Å². The van der Waals surface area contributed by atoms with Crippen molar-refractivity contribution < 1.29 is 9.72 Å². The van der Waals surface area contributed by atoms with Crippen LogP contribution in [0.2, 0.25) is 10.0 Å². The zero-order valence-corrected chi connectivity index (χ0v) is 11.9. The first-order chi connectivity index (χ1) is 9.95. The van der Waals surface area contributed by atoms with Gasteiger partial charge in [-0.25, -0.2) is 4.79 Å². The monoisotopic (exact) mass is 324 g/mol. The number of nitrogens with one attached hydrogen (secondary N) is 2. The summed E-state index contributed by atoms with van der Waals surface area (Å²) in [6, 6.07) is 10.5. The number of carbonyl (C=O) groups excluding carboxylic acids is 1. The van der Waals surface area contributed by atoms with E-state index >= 15 is 0 Å². The van der Waals surface area contributed by atoms with Gasteiger partial charge in [-0.3, -0.25) is 10.1 Å². The maximum absolute atomic E-state index is 11.8. The van der Waals surface area contributed by atoms with Crippen LogP contribution in [-0.2, 0) is 0 Å². The number of urea groups is 1. The molecule has 0 saturated heterocycles. The van der Waals surface area contributed by atoms with Gasteiger partial charge in [0, 0.05) is 23.9 Å². The summed E-state index contributed by atoms with van der Waals surface area (Å²) in [6.45, 7) is 0. The molecule has 2 rings (SSSR count). The molecular formula is C13H8Cl2N3O3. The van der Waals surface area contributed by atoms with Gasteiger partial charge in [0.05, 0.1) is 20.7 Å². The van der Waals surface area contributed by atoms with E-state index < -0.39 is 11.0 Å². The fourth-order valence-corrected chi connectivity index (χ4v) is 1.80. The molecule has 0 unspecified atom stereocenters. The van der Waals surface area contributed by atoms with E-state index in [1.54, 1.807) is 12.1 Å². The van der Waals surface area contributed by atoms with Gasteiger partial charge in [0.2, 0.25) is 0 Å². The van der Waals surface area contributed by atoms with E-state index in [1.165, 1.54) is 24.3 Å². The van der Waals surface area contributed by atoms with Gasteiger partial charge < -0.3 is 10.6 Å².